The summed E-state index contributed by atoms with van der Waals surface area (Å²) < 4.78 is 6.83. The molecule has 10 heteroatoms. The Labute approximate surface area is 222 Å². The first-order chi connectivity index (χ1) is 17.5. The number of aryl methyl sites for hydroxylation is 2. The van der Waals surface area contributed by atoms with Gasteiger partial charge >= 0.3 is 5.97 Å². The van der Waals surface area contributed by atoms with Crippen molar-refractivity contribution in [3.63, 3.8) is 0 Å². The first-order valence-electron chi connectivity index (χ1n) is 11.3. The lowest BCUT2D eigenvalue weighted by atomic mass is 10.0. The first-order valence-corrected chi connectivity index (χ1v) is 14.0. The first kappa shape index (κ1) is 25.9. The number of aromatic nitrogens is 3. The molecule has 7 nitrogen and oxygen atoms in total. The van der Waals surface area contributed by atoms with E-state index in [1.54, 1.807) is 23.5 Å². The highest BCUT2D eigenvalue weighted by Crippen LogP contribution is 2.39. The lowest BCUT2D eigenvalue weighted by Gasteiger charge is -2.10. The van der Waals surface area contributed by atoms with Crippen molar-refractivity contribution in [1.29, 1.82) is 0 Å². The summed E-state index contributed by atoms with van der Waals surface area (Å²) in [5.41, 5.74) is 3.63. The maximum absolute atomic E-state index is 12.8. The molecule has 3 aromatic heterocycles. The van der Waals surface area contributed by atoms with Crippen molar-refractivity contribution in [3.8, 4) is 22.5 Å². The molecule has 0 aliphatic carbocycles. The Morgan fingerprint density at radius 3 is 2.72 bits per heavy atom. The fraction of sp³-hybridized carbons (Fsp3) is 0.231. The molecule has 36 heavy (non-hydrogen) atoms. The van der Waals surface area contributed by atoms with Gasteiger partial charge in [-0.3, -0.25) is 9.36 Å². The number of anilines is 1. The molecule has 0 saturated carbocycles. The molecule has 0 fully saturated rings. The van der Waals surface area contributed by atoms with Crippen LogP contribution < -0.4 is 5.32 Å². The molecule has 0 bridgehead atoms. The second-order valence-electron chi connectivity index (χ2n) is 7.79. The van der Waals surface area contributed by atoms with Crippen molar-refractivity contribution in [2.24, 2.45) is 0 Å². The molecule has 0 aliphatic rings. The molecule has 0 saturated heterocycles. The number of benzene rings is 1. The van der Waals surface area contributed by atoms with Crippen LogP contribution in [-0.2, 0) is 22.5 Å². The summed E-state index contributed by atoms with van der Waals surface area (Å²) in [5, 5.41) is 15.0. The number of ether oxygens (including phenoxy) is 1. The van der Waals surface area contributed by atoms with Gasteiger partial charge in [0.2, 0.25) is 5.91 Å². The van der Waals surface area contributed by atoms with Crippen molar-refractivity contribution >= 4 is 51.3 Å². The van der Waals surface area contributed by atoms with E-state index in [0.29, 0.717) is 22.3 Å². The minimum atomic E-state index is -0.468. The lowest BCUT2D eigenvalue weighted by Crippen LogP contribution is -2.16. The van der Waals surface area contributed by atoms with E-state index in [9.17, 15) is 9.59 Å². The largest absolute Gasteiger partial charge is 0.465 e. The minimum absolute atomic E-state index is 0.115. The van der Waals surface area contributed by atoms with Gasteiger partial charge in [-0.2, -0.15) is 0 Å². The number of amides is 1. The molecule has 1 amide bonds. The van der Waals surface area contributed by atoms with Gasteiger partial charge in [-0.15, -0.1) is 39.4 Å². The molecule has 186 valence electrons. The molecule has 0 spiro atoms. The summed E-state index contributed by atoms with van der Waals surface area (Å²) in [7, 11) is 1.33. The van der Waals surface area contributed by atoms with Gasteiger partial charge in [0.15, 0.2) is 11.0 Å². The van der Waals surface area contributed by atoms with Gasteiger partial charge in [-0.05, 0) is 25.0 Å². The summed E-state index contributed by atoms with van der Waals surface area (Å²) in [4.78, 5) is 27.1. The monoisotopic (exact) mass is 538 g/mol. The van der Waals surface area contributed by atoms with Crippen molar-refractivity contribution in [2.45, 2.75) is 32.0 Å². The van der Waals surface area contributed by atoms with Gasteiger partial charge in [-0.1, -0.05) is 55.1 Å². The highest BCUT2D eigenvalue weighted by Gasteiger charge is 2.22. The Kier molecular flexibility index (Phi) is 8.40. The molecule has 0 aliphatic heterocycles. The third-order valence-corrected chi connectivity index (χ3v) is 8.50. The van der Waals surface area contributed by atoms with Gasteiger partial charge in [0.05, 0.1) is 18.4 Å². The summed E-state index contributed by atoms with van der Waals surface area (Å²) in [6.45, 7) is 8.49. The van der Waals surface area contributed by atoms with Crippen LogP contribution in [0.5, 0.6) is 0 Å². The normalized spacial score (nSPS) is 10.9. The number of methoxy groups -OCH3 is 1. The van der Waals surface area contributed by atoms with E-state index >= 15 is 0 Å². The Morgan fingerprint density at radius 2 is 2.03 bits per heavy atom. The molecular weight excluding hydrogens is 513 g/mol. The van der Waals surface area contributed by atoms with E-state index in [0.717, 1.165) is 33.8 Å². The molecule has 0 atom stereocenters. The van der Waals surface area contributed by atoms with Crippen LogP contribution in [0.25, 0.3) is 22.5 Å². The zero-order valence-corrected chi connectivity index (χ0v) is 22.7. The molecular formula is C26H26N4O3S3. The van der Waals surface area contributed by atoms with Crippen LogP contribution in [0.3, 0.4) is 0 Å². The van der Waals surface area contributed by atoms with E-state index in [2.05, 4.69) is 46.5 Å². The van der Waals surface area contributed by atoms with E-state index < -0.39 is 5.97 Å². The smallest absolute Gasteiger partial charge is 0.340 e. The van der Waals surface area contributed by atoms with Gasteiger partial charge in [0.25, 0.3) is 0 Å². The van der Waals surface area contributed by atoms with Gasteiger partial charge in [0.1, 0.15) is 5.00 Å². The molecule has 3 heterocycles. The number of nitrogens with one attached hydrogen (secondary N) is 1. The zero-order valence-electron chi connectivity index (χ0n) is 20.2. The Morgan fingerprint density at radius 1 is 1.25 bits per heavy atom. The third kappa shape index (κ3) is 5.45. The van der Waals surface area contributed by atoms with E-state index in [1.165, 1.54) is 35.1 Å². The predicted octanol–water partition coefficient (Wildman–Crippen LogP) is 6.31. The Balaban J connectivity index is 1.56. The maximum Gasteiger partial charge on any atom is 0.340 e. The average Bonchev–Trinajstić information content (AvgIpc) is 3.59. The van der Waals surface area contributed by atoms with Crippen molar-refractivity contribution in [3.05, 3.63) is 69.8 Å². The molecule has 4 aromatic rings. The average molecular weight is 539 g/mol. The number of rotatable bonds is 10. The Hall–Kier alpha value is -3.21. The molecule has 4 rings (SSSR count). The number of hydrogen-bond donors (Lipinski definition) is 1. The van der Waals surface area contributed by atoms with E-state index in [4.69, 9.17) is 4.74 Å². The lowest BCUT2D eigenvalue weighted by molar-refractivity contribution is -0.113. The maximum atomic E-state index is 12.8. The summed E-state index contributed by atoms with van der Waals surface area (Å²) >= 11 is 4.34. The highest BCUT2D eigenvalue weighted by atomic mass is 32.2. The SMILES string of the molecule is C=CCn1c(SCC(=O)Nc2sc(CC)cc2C(=O)OC)nnc1-c1csc(C)c1-c1ccccc1. The van der Waals surface area contributed by atoms with Crippen LogP contribution in [0, 0.1) is 6.92 Å². The standard InChI is InChI=1S/C26H26N4O3S3/c1-5-12-30-23(20-14-34-16(3)22(20)17-10-8-7-9-11-17)28-29-26(30)35-15-21(31)27-24-19(25(32)33-4)13-18(6-2)36-24/h5,7-11,13-14H,1,6,12,15H2,2-4H3,(H,27,31). The number of carbonyl (C=O) groups excluding carboxylic acids is 2. The minimum Gasteiger partial charge on any atom is -0.465 e. The van der Waals surface area contributed by atoms with E-state index in [-0.39, 0.29) is 11.7 Å². The number of allylic oxidation sites excluding steroid dienone is 1. The Bertz CT molecular complexity index is 1390. The molecule has 1 N–H and O–H groups in total. The fourth-order valence-corrected chi connectivity index (χ4v) is 6.35. The van der Waals surface area contributed by atoms with Crippen molar-refractivity contribution in [1.82, 2.24) is 14.8 Å². The van der Waals surface area contributed by atoms with Crippen molar-refractivity contribution in [2.75, 3.05) is 18.2 Å². The van der Waals surface area contributed by atoms with Crippen molar-refractivity contribution < 1.29 is 14.3 Å². The quantitative estimate of drug-likeness (QED) is 0.145. The molecule has 0 unspecified atom stereocenters. The van der Waals surface area contributed by atoms with Crippen LogP contribution in [0.4, 0.5) is 5.00 Å². The number of esters is 1. The van der Waals surface area contributed by atoms with Crippen LogP contribution >= 0.6 is 34.4 Å². The summed E-state index contributed by atoms with van der Waals surface area (Å²) in [5.74, 6) is 0.147. The summed E-state index contributed by atoms with van der Waals surface area (Å²) in [6.07, 6.45) is 2.55. The number of carbonyl (C=O) groups is 2. The predicted molar refractivity (Wildman–Crippen MR) is 148 cm³/mol. The van der Waals surface area contributed by atoms with E-state index in [1.807, 2.05) is 29.7 Å². The van der Waals surface area contributed by atoms with Crippen LogP contribution in [0.15, 0.2) is 59.6 Å². The topological polar surface area (TPSA) is 86.1 Å². The highest BCUT2D eigenvalue weighted by molar-refractivity contribution is 7.99. The van der Waals surface area contributed by atoms with Gasteiger partial charge in [-0.25, -0.2) is 4.79 Å². The third-order valence-electron chi connectivity index (χ3n) is 5.43. The number of thiophene rings is 2. The van der Waals surface area contributed by atoms with Crippen LogP contribution in [0.2, 0.25) is 0 Å². The number of thioether (sulfide) groups is 1. The number of hydrogen-bond acceptors (Lipinski definition) is 8. The fourth-order valence-electron chi connectivity index (χ4n) is 3.73. The summed E-state index contributed by atoms with van der Waals surface area (Å²) in [6, 6.07) is 12.0. The molecule has 0 radical (unpaired) electrons. The van der Waals surface area contributed by atoms with Crippen LogP contribution in [0.1, 0.15) is 27.0 Å². The number of nitrogens with zero attached hydrogens (tertiary/aromatic N) is 3. The zero-order chi connectivity index (χ0) is 25.7. The second-order valence-corrected chi connectivity index (χ2v) is 11.0. The van der Waals surface area contributed by atoms with Crippen LogP contribution in [-0.4, -0.2) is 39.5 Å². The van der Waals surface area contributed by atoms with Gasteiger partial charge < -0.3 is 10.1 Å². The van der Waals surface area contributed by atoms with Gasteiger partial charge in [0, 0.05) is 32.8 Å². The second kappa shape index (κ2) is 11.7. The molecule has 1 aromatic carbocycles.